The minimum atomic E-state index is -0.233. The molecule has 0 bridgehead atoms. The number of pyridine rings is 1. The van der Waals surface area contributed by atoms with Crippen molar-refractivity contribution in [1.82, 2.24) is 4.98 Å². The van der Waals surface area contributed by atoms with E-state index in [2.05, 4.69) is 4.98 Å². The Labute approximate surface area is 93.9 Å². The summed E-state index contributed by atoms with van der Waals surface area (Å²) in [6, 6.07) is 10.2. The van der Waals surface area contributed by atoms with Crippen molar-refractivity contribution < 1.29 is 4.39 Å². The molecule has 1 aromatic heterocycles. The molecule has 0 aliphatic carbocycles. The summed E-state index contributed by atoms with van der Waals surface area (Å²) in [4.78, 5) is 4.32. The Morgan fingerprint density at radius 2 is 1.81 bits per heavy atom. The number of halogens is 1. The highest BCUT2D eigenvalue weighted by molar-refractivity contribution is 5.58. The maximum atomic E-state index is 12.7. The van der Waals surface area contributed by atoms with Crippen LogP contribution in [0.25, 0.3) is 11.3 Å². The van der Waals surface area contributed by atoms with E-state index < -0.39 is 0 Å². The van der Waals surface area contributed by atoms with Crippen LogP contribution >= 0.6 is 0 Å². The zero-order chi connectivity index (χ0) is 11.4. The van der Waals surface area contributed by atoms with E-state index in [4.69, 9.17) is 5.73 Å². The largest absolute Gasteiger partial charge is 0.330 e. The zero-order valence-electron chi connectivity index (χ0n) is 8.86. The number of hydrogen-bond acceptors (Lipinski definition) is 2. The first-order chi connectivity index (χ1) is 7.79. The summed E-state index contributed by atoms with van der Waals surface area (Å²) in [5.41, 5.74) is 8.34. The standard InChI is InChI=1S/C13H13FN2/c14-12-4-2-11(3-5-12)13-6-1-10(7-8-15)9-16-13/h1-6,9H,7-8,15H2. The van der Waals surface area contributed by atoms with Crippen molar-refractivity contribution in [2.75, 3.05) is 6.54 Å². The van der Waals surface area contributed by atoms with Gasteiger partial charge >= 0.3 is 0 Å². The van der Waals surface area contributed by atoms with Crippen LogP contribution in [0.3, 0.4) is 0 Å². The van der Waals surface area contributed by atoms with E-state index >= 15 is 0 Å². The number of aromatic nitrogens is 1. The highest BCUT2D eigenvalue weighted by Crippen LogP contribution is 2.17. The molecule has 2 aromatic rings. The lowest BCUT2D eigenvalue weighted by Crippen LogP contribution is -2.02. The average molecular weight is 216 g/mol. The van der Waals surface area contributed by atoms with Gasteiger partial charge in [-0.3, -0.25) is 4.98 Å². The Bertz CT molecular complexity index is 448. The topological polar surface area (TPSA) is 38.9 Å². The molecule has 0 aliphatic rings. The molecule has 0 aliphatic heterocycles. The summed E-state index contributed by atoms with van der Waals surface area (Å²) >= 11 is 0. The summed E-state index contributed by atoms with van der Waals surface area (Å²) in [7, 11) is 0. The smallest absolute Gasteiger partial charge is 0.123 e. The third kappa shape index (κ3) is 2.44. The number of benzene rings is 1. The number of nitrogens with zero attached hydrogens (tertiary/aromatic N) is 1. The van der Waals surface area contributed by atoms with Crippen LogP contribution in [-0.2, 0) is 6.42 Å². The first-order valence-corrected chi connectivity index (χ1v) is 5.20. The van der Waals surface area contributed by atoms with Crippen LogP contribution in [0.15, 0.2) is 42.6 Å². The van der Waals surface area contributed by atoms with Crippen LogP contribution in [-0.4, -0.2) is 11.5 Å². The summed E-state index contributed by atoms with van der Waals surface area (Å²) in [6.07, 6.45) is 2.64. The Hall–Kier alpha value is -1.74. The van der Waals surface area contributed by atoms with Gasteiger partial charge in [0.25, 0.3) is 0 Å². The van der Waals surface area contributed by atoms with E-state index in [1.165, 1.54) is 12.1 Å². The van der Waals surface area contributed by atoms with Crippen LogP contribution in [0.1, 0.15) is 5.56 Å². The molecule has 0 spiro atoms. The number of nitrogens with two attached hydrogens (primary N) is 1. The van der Waals surface area contributed by atoms with Gasteiger partial charge in [-0.15, -0.1) is 0 Å². The second-order valence-corrected chi connectivity index (χ2v) is 3.60. The number of hydrogen-bond donors (Lipinski definition) is 1. The van der Waals surface area contributed by atoms with E-state index in [1.807, 2.05) is 18.3 Å². The van der Waals surface area contributed by atoms with Gasteiger partial charge < -0.3 is 5.73 Å². The van der Waals surface area contributed by atoms with Gasteiger partial charge in [-0.1, -0.05) is 6.07 Å². The van der Waals surface area contributed by atoms with Crippen LogP contribution in [0.2, 0.25) is 0 Å². The Kier molecular flexibility index (Phi) is 3.27. The van der Waals surface area contributed by atoms with Gasteiger partial charge in [0.15, 0.2) is 0 Å². The molecule has 2 rings (SSSR count). The van der Waals surface area contributed by atoms with Gasteiger partial charge in [0.05, 0.1) is 5.69 Å². The highest BCUT2D eigenvalue weighted by Gasteiger charge is 1.99. The molecule has 0 unspecified atom stereocenters. The highest BCUT2D eigenvalue weighted by atomic mass is 19.1. The fourth-order valence-electron chi connectivity index (χ4n) is 1.53. The molecule has 1 aromatic carbocycles. The van der Waals surface area contributed by atoms with Gasteiger partial charge in [-0.25, -0.2) is 4.39 Å². The quantitative estimate of drug-likeness (QED) is 0.855. The maximum absolute atomic E-state index is 12.7. The summed E-state index contributed by atoms with van der Waals surface area (Å²) in [5, 5.41) is 0. The van der Waals surface area contributed by atoms with Crippen LogP contribution in [0.4, 0.5) is 4.39 Å². The van der Waals surface area contributed by atoms with Crippen LogP contribution < -0.4 is 5.73 Å². The molecule has 0 saturated heterocycles. The molecular formula is C13H13FN2. The predicted molar refractivity (Wildman–Crippen MR) is 62.4 cm³/mol. The minimum Gasteiger partial charge on any atom is -0.330 e. The summed E-state index contributed by atoms with van der Waals surface area (Å²) in [6.45, 7) is 0.623. The van der Waals surface area contributed by atoms with Gasteiger partial charge in [0.1, 0.15) is 5.82 Å². The monoisotopic (exact) mass is 216 g/mol. The van der Waals surface area contributed by atoms with E-state index in [9.17, 15) is 4.39 Å². The molecule has 0 radical (unpaired) electrons. The lowest BCUT2D eigenvalue weighted by atomic mass is 10.1. The third-order valence-electron chi connectivity index (χ3n) is 2.40. The Morgan fingerprint density at radius 3 is 2.38 bits per heavy atom. The van der Waals surface area contributed by atoms with Gasteiger partial charge in [0.2, 0.25) is 0 Å². The van der Waals surface area contributed by atoms with Crippen molar-refractivity contribution in [3.05, 3.63) is 54.0 Å². The van der Waals surface area contributed by atoms with Crippen molar-refractivity contribution in [1.29, 1.82) is 0 Å². The van der Waals surface area contributed by atoms with Crippen molar-refractivity contribution in [3.63, 3.8) is 0 Å². The van der Waals surface area contributed by atoms with Crippen molar-refractivity contribution in [3.8, 4) is 11.3 Å². The Morgan fingerprint density at radius 1 is 1.06 bits per heavy atom. The molecule has 0 amide bonds. The molecule has 2 N–H and O–H groups in total. The first-order valence-electron chi connectivity index (χ1n) is 5.20. The molecule has 1 heterocycles. The van der Waals surface area contributed by atoms with Gasteiger partial charge in [-0.2, -0.15) is 0 Å². The van der Waals surface area contributed by atoms with Gasteiger partial charge in [0, 0.05) is 11.8 Å². The SMILES string of the molecule is NCCc1ccc(-c2ccc(F)cc2)nc1. The lowest BCUT2D eigenvalue weighted by molar-refractivity contribution is 0.628. The maximum Gasteiger partial charge on any atom is 0.123 e. The molecule has 0 fully saturated rings. The lowest BCUT2D eigenvalue weighted by Gasteiger charge is -2.02. The molecule has 2 nitrogen and oxygen atoms in total. The fraction of sp³-hybridized carbons (Fsp3) is 0.154. The van der Waals surface area contributed by atoms with Crippen molar-refractivity contribution in [2.45, 2.75) is 6.42 Å². The van der Waals surface area contributed by atoms with E-state index in [-0.39, 0.29) is 5.82 Å². The molecule has 3 heteroatoms. The molecular weight excluding hydrogens is 203 g/mol. The number of rotatable bonds is 3. The van der Waals surface area contributed by atoms with Crippen molar-refractivity contribution >= 4 is 0 Å². The predicted octanol–water partition coefficient (Wildman–Crippen LogP) is 2.39. The third-order valence-corrected chi connectivity index (χ3v) is 2.40. The van der Waals surface area contributed by atoms with Crippen LogP contribution in [0.5, 0.6) is 0 Å². The van der Waals surface area contributed by atoms with Crippen molar-refractivity contribution in [2.24, 2.45) is 5.73 Å². The van der Waals surface area contributed by atoms with E-state index in [0.29, 0.717) is 6.54 Å². The zero-order valence-corrected chi connectivity index (χ0v) is 8.86. The molecule has 0 saturated carbocycles. The first kappa shape index (κ1) is 10.8. The molecule has 82 valence electrons. The second-order valence-electron chi connectivity index (χ2n) is 3.60. The summed E-state index contributed by atoms with van der Waals surface area (Å²) in [5.74, 6) is -0.233. The Balaban J connectivity index is 2.24. The summed E-state index contributed by atoms with van der Waals surface area (Å²) < 4.78 is 12.7. The van der Waals surface area contributed by atoms with E-state index in [0.717, 1.165) is 23.2 Å². The second kappa shape index (κ2) is 4.86. The normalized spacial score (nSPS) is 10.4. The molecule has 0 atom stereocenters. The van der Waals surface area contributed by atoms with E-state index in [1.54, 1.807) is 12.1 Å². The van der Waals surface area contributed by atoms with Gasteiger partial charge in [-0.05, 0) is 48.9 Å². The average Bonchev–Trinajstić information content (AvgIpc) is 2.32. The fourth-order valence-corrected chi connectivity index (χ4v) is 1.53. The molecule has 16 heavy (non-hydrogen) atoms. The minimum absolute atomic E-state index is 0.233. The van der Waals surface area contributed by atoms with Crippen LogP contribution in [0, 0.1) is 5.82 Å².